The van der Waals surface area contributed by atoms with Gasteiger partial charge in [-0.25, -0.2) is 9.97 Å². The van der Waals surface area contributed by atoms with Crippen LogP contribution in [0.1, 0.15) is 11.6 Å². The Morgan fingerprint density at radius 1 is 1.00 bits per heavy atom. The molecule has 0 atom stereocenters. The van der Waals surface area contributed by atoms with Gasteiger partial charge in [0.05, 0.1) is 10.2 Å². The number of nitrogens with two attached hydrogens (primary N) is 1. The van der Waals surface area contributed by atoms with Crippen molar-refractivity contribution in [1.82, 2.24) is 39.6 Å². The highest BCUT2D eigenvalue weighted by molar-refractivity contribution is 7.22. The Morgan fingerprint density at radius 3 is 2.77 bits per heavy atom. The van der Waals surface area contributed by atoms with Gasteiger partial charge >= 0.3 is 0 Å². The van der Waals surface area contributed by atoms with Gasteiger partial charge in [-0.15, -0.1) is 20.4 Å². The summed E-state index contributed by atoms with van der Waals surface area (Å²) in [5, 5.41) is 17.7. The van der Waals surface area contributed by atoms with E-state index in [9.17, 15) is 0 Å². The Balaban J connectivity index is 1.70. The highest BCUT2D eigenvalue weighted by Gasteiger charge is 2.15. The summed E-state index contributed by atoms with van der Waals surface area (Å²) >= 11 is 1.46. The van der Waals surface area contributed by atoms with Crippen LogP contribution in [0.3, 0.4) is 0 Å². The van der Waals surface area contributed by atoms with Gasteiger partial charge in [-0.3, -0.25) is 0 Å². The molecule has 0 aliphatic rings. The topological polar surface area (TPSA) is 113 Å². The van der Waals surface area contributed by atoms with E-state index < -0.39 is 0 Å². The summed E-state index contributed by atoms with van der Waals surface area (Å²) in [4.78, 5) is 8.93. The molecule has 2 N–H and O–H groups in total. The number of hydrogen-bond donors (Lipinski definition) is 1. The maximum absolute atomic E-state index is 5.81. The lowest BCUT2D eigenvalue weighted by molar-refractivity contribution is 0.776. The molecule has 26 heavy (non-hydrogen) atoms. The maximum Gasteiger partial charge on any atom is 0.181 e. The molecule has 0 spiro atoms. The van der Waals surface area contributed by atoms with Crippen molar-refractivity contribution in [2.75, 3.05) is 5.73 Å². The minimum atomic E-state index is 0.546. The summed E-state index contributed by atoms with van der Waals surface area (Å²) < 4.78 is 4.43. The number of fused-ring (bicyclic) bond motifs is 2. The van der Waals surface area contributed by atoms with Crippen molar-refractivity contribution in [3.63, 3.8) is 0 Å². The quantitative estimate of drug-likeness (QED) is 0.511. The molecule has 9 nitrogen and oxygen atoms in total. The van der Waals surface area contributed by atoms with Crippen LogP contribution in [-0.4, -0.2) is 39.6 Å². The van der Waals surface area contributed by atoms with Gasteiger partial charge in [0.2, 0.25) is 0 Å². The molecule has 0 saturated heterocycles. The first kappa shape index (κ1) is 14.9. The van der Waals surface area contributed by atoms with Crippen molar-refractivity contribution in [2.24, 2.45) is 0 Å². The Morgan fingerprint density at radius 2 is 1.88 bits per heavy atom. The first-order valence-corrected chi connectivity index (χ1v) is 8.70. The Hall–Kier alpha value is -3.40. The Kier molecular flexibility index (Phi) is 3.04. The minimum absolute atomic E-state index is 0.546. The molecule has 10 heteroatoms. The molecule has 5 aromatic rings. The zero-order valence-corrected chi connectivity index (χ0v) is 14.8. The van der Waals surface area contributed by atoms with Crippen molar-refractivity contribution in [2.45, 2.75) is 13.8 Å². The largest absolute Gasteiger partial charge is 0.375 e. The Bertz CT molecular complexity index is 1280. The molecule has 0 aliphatic heterocycles. The van der Waals surface area contributed by atoms with Crippen LogP contribution in [0.15, 0.2) is 30.3 Å². The van der Waals surface area contributed by atoms with Crippen LogP contribution in [0.2, 0.25) is 0 Å². The molecule has 0 fully saturated rings. The van der Waals surface area contributed by atoms with Crippen molar-refractivity contribution >= 4 is 32.3 Å². The van der Waals surface area contributed by atoms with E-state index in [0.29, 0.717) is 34.1 Å². The second kappa shape index (κ2) is 5.30. The van der Waals surface area contributed by atoms with Crippen LogP contribution in [-0.2, 0) is 0 Å². The van der Waals surface area contributed by atoms with E-state index in [-0.39, 0.29) is 0 Å². The molecule has 0 aliphatic carbocycles. The van der Waals surface area contributed by atoms with Crippen molar-refractivity contribution in [3.8, 4) is 17.2 Å². The summed E-state index contributed by atoms with van der Waals surface area (Å²) in [6.45, 7) is 3.70. The van der Waals surface area contributed by atoms with Gasteiger partial charge < -0.3 is 5.73 Å². The van der Waals surface area contributed by atoms with Gasteiger partial charge in [-0.05, 0) is 44.2 Å². The van der Waals surface area contributed by atoms with E-state index in [1.165, 1.54) is 11.3 Å². The van der Waals surface area contributed by atoms with Crippen LogP contribution >= 0.6 is 11.3 Å². The number of aryl methyl sites for hydroxylation is 2. The Labute approximate surface area is 151 Å². The number of anilines is 1. The van der Waals surface area contributed by atoms with E-state index in [4.69, 9.17) is 5.73 Å². The molecule has 4 heterocycles. The second-order valence-corrected chi connectivity index (χ2v) is 6.90. The molecule has 0 amide bonds. The number of thiazole rings is 1. The zero-order chi connectivity index (χ0) is 17.8. The minimum Gasteiger partial charge on any atom is -0.375 e. The number of rotatable bonds is 2. The molecule has 0 saturated carbocycles. The van der Waals surface area contributed by atoms with E-state index in [2.05, 4.69) is 30.4 Å². The number of hydrogen-bond acceptors (Lipinski definition) is 8. The third-order valence-corrected chi connectivity index (χ3v) is 4.86. The molecule has 0 radical (unpaired) electrons. The highest BCUT2D eigenvalue weighted by atomic mass is 32.1. The lowest BCUT2D eigenvalue weighted by Crippen LogP contribution is -2.06. The average Bonchev–Trinajstić information content (AvgIpc) is 3.30. The number of aromatic nitrogens is 8. The van der Waals surface area contributed by atoms with Crippen LogP contribution in [0.25, 0.3) is 33.1 Å². The first-order chi connectivity index (χ1) is 12.6. The molecule has 1 aromatic carbocycles. The smallest absolute Gasteiger partial charge is 0.181 e. The van der Waals surface area contributed by atoms with E-state index in [1.807, 2.05) is 44.2 Å². The third-order valence-electron chi connectivity index (χ3n) is 4.00. The van der Waals surface area contributed by atoms with E-state index in [1.54, 1.807) is 9.20 Å². The highest BCUT2D eigenvalue weighted by Crippen LogP contribution is 2.29. The number of nitrogen functional groups attached to an aromatic ring is 1. The molecule has 0 bridgehead atoms. The fraction of sp³-hybridized carbons (Fsp3) is 0.125. The van der Waals surface area contributed by atoms with E-state index in [0.717, 1.165) is 15.8 Å². The lowest BCUT2D eigenvalue weighted by atomic mass is 10.2. The van der Waals surface area contributed by atoms with E-state index >= 15 is 0 Å². The summed E-state index contributed by atoms with van der Waals surface area (Å²) in [6, 6.07) is 9.65. The van der Waals surface area contributed by atoms with Gasteiger partial charge in [0.1, 0.15) is 5.82 Å². The van der Waals surface area contributed by atoms with Crippen molar-refractivity contribution in [3.05, 3.63) is 42.0 Å². The van der Waals surface area contributed by atoms with Crippen LogP contribution in [0.5, 0.6) is 0 Å². The van der Waals surface area contributed by atoms with Gasteiger partial charge in [-0.2, -0.15) is 9.20 Å². The standard InChI is InChI=1S/C16H13N9S/c1-8-18-15(10-3-4-12-11(7-10)19-16(17)26-12)25(22-8)14-6-5-13-21-20-9(2)24(13)23-14/h3-7H,1-2H3,(H2,17,19). The monoisotopic (exact) mass is 363 g/mol. The molecule has 128 valence electrons. The molecule has 4 aromatic heterocycles. The van der Waals surface area contributed by atoms with Crippen molar-refractivity contribution in [1.29, 1.82) is 0 Å². The van der Waals surface area contributed by atoms with Gasteiger partial charge in [0.15, 0.2) is 28.2 Å². The molecule has 5 rings (SSSR count). The SMILES string of the molecule is Cc1nc(-c2ccc3sc(N)nc3c2)n(-c2ccc3nnc(C)n3n2)n1. The van der Waals surface area contributed by atoms with Gasteiger partial charge in [0.25, 0.3) is 0 Å². The summed E-state index contributed by atoms with van der Waals surface area (Å²) in [6.07, 6.45) is 0. The summed E-state index contributed by atoms with van der Waals surface area (Å²) in [5.41, 5.74) is 8.23. The van der Waals surface area contributed by atoms with Crippen molar-refractivity contribution < 1.29 is 0 Å². The zero-order valence-electron chi connectivity index (χ0n) is 14.0. The molecular weight excluding hydrogens is 350 g/mol. The average molecular weight is 363 g/mol. The van der Waals surface area contributed by atoms with Crippen LogP contribution < -0.4 is 5.73 Å². The molecule has 0 unspecified atom stereocenters. The fourth-order valence-corrected chi connectivity index (χ4v) is 3.56. The molecular formula is C16H13N9S. The van der Waals surface area contributed by atoms with Gasteiger partial charge in [0, 0.05) is 5.56 Å². The number of benzene rings is 1. The van der Waals surface area contributed by atoms with Crippen LogP contribution in [0, 0.1) is 13.8 Å². The fourth-order valence-electron chi connectivity index (χ4n) is 2.85. The van der Waals surface area contributed by atoms with Gasteiger partial charge in [-0.1, -0.05) is 11.3 Å². The second-order valence-electron chi connectivity index (χ2n) is 5.84. The predicted molar refractivity (Wildman–Crippen MR) is 98.2 cm³/mol. The normalized spacial score (nSPS) is 11.6. The predicted octanol–water partition coefficient (Wildman–Crippen LogP) is 2.18. The summed E-state index contributed by atoms with van der Waals surface area (Å²) in [5.74, 6) is 2.68. The first-order valence-electron chi connectivity index (χ1n) is 7.88. The third kappa shape index (κ3) is 2.23. The number of nitrogens with zero attached hydrogens (tertiary/aromatic N) is 8. The lowest BCUT2D eigenvalue weighted by Gasteiger charge is -2.05. The maximum atomic E-state index is 5.81. The van der Waals surface area contributed by atoms with Crippen LogP contribution in [0.4, 0.5) is 5.13 Å². The summed E-state index contributed by atoms with van der Waals surface area (Å²) in [7, 11) is 0.